The first kappa shape index (κ1) is 13.5. The second-order valence-electron chi connectivity index (χ2n) is 4.95. The fraction of sp³-hybridized carbons (Fsp3) is 0.571. The number of rotatable bonds is 5. The molecular formula is C14H21ClN2O. The Balaban J connectivity index is 1.80. The van der Waals surface area contributed by atoms with Crippen LogP contribution in [-0.2, 0) is 0 Å². The highest BCUT2D eigenvalue weighted by Gasteiger charge is 2.13. The van der Waals surface area contributed by atoms with Gasteiger partial charge in [-0.3, -0.25) is 0 Å². The lowest BCUT2D eigenvalue weighted by molar-refractivity contribution is 0.188. The molecule has 1 unspecified atom stereocenters. The average molecular weight is 269 g/mol. The molecule has 18 heavy (non-hydrogen) atoms. The summed E-state index contributed by atoms with van der Waals surface area (Å²) < 4.78 is 5.85. The molecule has 0 aliphatic carbocycles. The van der Waals surface area contributed by atoms with Crippen LogP contribution in [0.1, 0.15) is 26.2 Å². The van der Waals surface area contributed by atoms with E-state index in [0.717, 1.165) is 18.7 Å². The second kappa shape index (κ2) is 6.30. The van der Waals surface area contributed by atoms with Gasteiger partial charge >= 0.3 is 0 Å². The van der Waals surface area contributed by atoms with Gasteiger partial charge in [-0.05, 0) is 57.5 Å². The molecule has 0 amide bonds. The molecule has 4 heteroatoms. The molecule has 0 radical (unpaired) electrons. The molecule has 2 rings (SSSR count). The van der Waals surface area contributed by atoms with Crippen molar-refractivity contribution in [3.8, 4) is 5.75 Å². The molecule has 0 spiro atoms. The van der Waals surface area contributed by atoms with Crippen LogP contribution in [0.4, 0.5) is 5.69 Å². The van der Waals surface area contributed by atoms with Crippen molar-refractivity contribution in [1.29, 1.82) is 0 Å². The standard InChI is InChI=1S/C14H21ClN2O/c1-11(6-9-17-7-2-3-8-17)18-14-5-4-12(15)10-13(14)16/h4-5,10-11H,2-3,6-9,16H2,1H3. The molecule has 1 saturated heterocycles. The lowest BCUT2D eigenvalue weighted by Gasteiger charge is -2.20. The molecule has 0 saturated carbocycles. The zero-order valence-corrected chi connectivity index (χ0v) is 11.6. The quantitative estimate of drug-likeness (QED) is 0.834. The van der Waals surface area contributed by atoms with E-state index in [-0.39, 0.29) is 6.10 Å². The first-order chi connectivity index (χ1) is 8.65. The molecule has 2 N–H and O–H groups in total. The number of hydrogen-bond donors (Lipinski definition) is 1. The minimum absolute atomic E-state index is 0.175. The van der Waals surface area contributed by atoms with Crippen molar-refractivity contribution in [2.45, 2.75) is 32.3 Å². The lowest BCUT2D eigenvalue weighted by Crippen LogP contribution is -2.25. The number of nitrogen functional groups attached to an aromatic ring is 1. The summed E-state index contributed by atoms with van der Waals surface area (Å²) in [5, 5.41) is 0.643. The zero-order valence-electron chi connectivity index (χ0n) is 10.9. The Kier molecular flexibility index (Phi) is 4.72. The first-order valence-electron chi connectivity index (χ1n) is 6.59. The summed E-state index contributed by atoms with van der Waals surface area (Å²) >= 11 is 5.86. The van der Waals surface area contributed by atoms with Crippen LogP contribution < -0.4 is 10.5 Å². The van der Waals surface area contributed by atoms with E-state index in [4.69, 9.17) is 22.1 Å². The summed E-state index contributed by atoms with van der Waals surface area (Å²) in [6.45, 7) is 5.66. The summed E-state index contributed by atoms with van der Waals surface area (Å²) in [5.41, 5.74) is 6.48. The molecule has 1 fully saturated rings. The predicted octanol–water partition coefficient (Wildman–Crippen LogP) is 3.18. The zero-order chi connectivity index (χ0) is 13.0. The predicted molar refractivity (Wildman–Crippen MR) is 76.2 cm³/mol. The molecular weight excluding hydrogens is 248 g/mol. The van der Waals surface area contributed by atoms with Crippen LogP contribution in [0.2, 0.25) is 5.02 Å². The average Bonchev–Trinajstić information content (AvgIpc) is 2.83. The molecule has 1 heterocycles. The van der Waals surface area contributed by atoms with E-state index in [1.54, 1.807) is 12.1 Å². The van der Waals surface area contributed by atoms with E-state index in [9.17, 15) is 0 Å². The summed E-state index contributed by atoms with van der Waals surface area (Å²) in [4.78, 5) is 2.49. The Hall–Kier alpha value is -0.930. The van der Waals surface area contributed by atoms with E-state index in [1.165, 1.54) is 25.9 Å². The normalized spacial score (nSPS) is 17.9. The van der Waals surface area contributed by atoms with Gasteiger partial charge in [0.2, 0.25) is 0 Å². The minimum Gasteiger partial charge on any atom is -0.489 e. The van der Waals surface area contributed by atoms with E-state index in [2.05, 4.69) is 11.8 Å². The third kappa shape index (κ3) is 3.79. The number of ether oxygens (including phenoxy) is 1. The van der Waals surface area contributed by atoms with Crippen LogP contribution in [0, 0.1) is 0 Å². The van der Waals surface area contributed by atoms with Crippen molar-refractivity contribution in [3.05, 3.63) is 23.2 Å². The molecule has 1 atom stereocenters. The summed E-state index contributed by atoms with van der Waals surface area (Å²) in [6.07, 6.45) is 3.87. The van der Waals surface area contributed by atoms with E-state index in [1.807, 2.05) is 6.07 Å². The Morgan fingerprint density at radius 1 is 1.39 bits per heavy atom. The van der Waals surface area contributed by atoms with Crippen LogP contribution in [0.5, 0.6) is 5.75 Å². The third-order valence-corrected chi connectivity index (χ3v) is 3.59. The summed E-state index contributed by atoms with van der Waals surface area (Å²) in [7, 11) is 0. The van der Waals surface area contributed by atoms with Crippen molar-refractivity contribution in [2.24, 2.45) is 0 Å². The Labute approximate surface area is 114 Å². The van der Waals surface area contributed by atoms with Gasteiger partial charge in [0.05, 0.1) is 11.8 Å². The smallest absolute Gasteiger partial charge is 0.142 e. The molecule has 1 aromatic carbocycles. The number of benzene rings is 1. The fourth-order valence-corrected chi connectivity index (χ4v) is 2.45. The molecule has 100 valence electrons. The lowest BCUT2D eigenvalue weighted by atomic mass is 10.2. The maximum atomic E-state index is 5.87. The van der Waals surface area contributed by atoms with Crippen LogP contribution in [0.3, 0.4) is 0 Å². The number of halogens is 1. The number of anilines is 1. The largest absolute Gasteiger partial charge is 0.489 e. The van der Waals surface area contributed by atoms with Crippen LogP contribution in [0.15, 0.2) is 18.2 Å². The van der Waals surface area contributed by atoms with Gasteiger partial charge in [-0.25, -0.2) is 0 Å². The van der Waals surface area contributed by atoms with Crippen molar-refractivity contribution in [2.75, 3.05) is 25.4 Å². The molecule has 0 aromatic heterocycles. The van der Waals surface area contributed by atoms with Crippen molar-refractivity contribution >= 4 is 17.3 Å². The van der Waals surface area contributed by atoms with Gasteiger partial charge in [-0.2, -0.15) is 0 Å². The Morgan fingerprint density at radius 3 is 2.78 bits per heavy atom. The highest BCUT2D eigenvalue weighted by Crippen LogP contribution is 2.26. The fourth-order valence-electron chi connectivity index (χ4n) is 2.27. The highest BCUT2D eigenvalue weighted by molar-refractivity contribution is 6.30. The number of hydrogen-bond acceptors (Lipinski definition) is 3. The monoisotopic (exact) mass is 268 g/mol. The number of nitrogens with zero attached hydrogens (tertiary/aromatic N) is 1. The van der Waals surface area contributed by atoms with E-state index < -0.39 is 0 Å². The van der Waals surface area contributed by atoms with Crippen molar-refractivity contribution < 1.29 is 4.74 Å². The molecule has 3 nitrogen and oxygen atoms in total. The number of nitrogens with two attached hydrogens (primary N) is 1. The maximum absolute atomic E-state index is 5.87. The molecule has 1 aromatic rings. The van der Waals surface area contributed by atoms with E-state index in [0.29, 0.717) is 10.7 Å². The summed E-state index contributed by atoms with van der Waals surface area (Å²) in [5.74, 6) is 0.730. The SMILES string of the molecule is CC(CCN1CCCC1)Oc1ccc(Cl)cc1N. The minimum atomic E-state index is 0.175. The van der Waals surface area contributed by atoms with Crippen LogP contribution in [-0.4, -0.2) is 30.6 Å². The summed E-state index contributed by atoms with van der Waals surface area (Å²) in [6, 6.07) is 5.37. The maximum Gasteiger partial charge on any atom is 0.142 e. The van der Waals surface area contributed by atoms with Gasteiger partial charge in [0.1, 0.15) is 5.75 Å². The van der Waals surface area contributed by atoms with Gasteiger partial charge < -0.3 is 15.4 Å². The van der Waals surface area contributed by atoms with Gasteiger partial charge in [0, 0.05) is 11.6 Å². The van der Waals surface area contributed by atoms with Gasteiger partial charge in [-0.1, -0.05) is 11.6 Å². The van der Waals surface area contributed by atoms with Gasteiger partial charge in [0.25, 0.3) is 0 Å². The molecule has 0 bridgehead atoms. The van der Waals surface area contributed by atoms with E-state index >= 15 is 0 Å². The highest BCUT2D eigenvalue weighted by atomic mass is 35.5. The molecule has 1 aliphatic rings. The van der Waals surface area contributed by atoms with Gasteiger partial charge in [-0.15, -0.1) is 0 Å². The number of likely N-dealkylation sites (tertiary alicyclic amines) is 1. The topological polar surface area (TPSA) is 38.5 Å². The van der Waals surface area contributed by atoms with Gasteiger partial charge in [0.15, 0.2) is 0 Å². The van der Waals surface area contributed by atoms with Crippen molar-refractivity contribution in [1.82, 2.24) is 4.90 Å². The second-order valence-corrected chi connectivity index (χ2v) is 5.38. The molecule has 1 aliphatic heterocycles. The third-order valence-electron chi connectivity index (χ3n) is 3.35. The first-order valence-corrected chi connectivity index (χ1v) is 6.97. The Bertz CT molecular complexity index is 391. The van der Waals surface area contributed by atoms with Crippen LogP contribution in [0.25, 0.3) is 0 Å². The van der Waals surface area contributed by atoms with Crippen molar-refractivity contribution in [3.63, 3.8) is 0 Å². The Morgan fingerprint density at radius 2 is 2.11 bits per heavy atom. The van der Waals surface area contributed by atoms with Crippen LogP contribution >= 0.6 is 11.6 Å².